The fourth-order valence-corrected chi connectivity index (χ4v) is 3.53. The van der Waals surface area contributed by atoms with E-state index in [-0.39, 0.29) is 27.7 Å². The average Bonchev–Trinajstić information content (AvgIpc) is 2.73. The van der Waals surface area contributed by atoms with E-state index in [4.69, 9.17) is 5.73 Å². The number of fused-ring (bicyclic) bond motifs is 1. The Morgan fingerprint density at radius 3 is 2.31 bits per heavy atom. The predicted molar refractivity (Wildman–Crippen MR) is 121 cm³/mol. The summed E-state index contributed by atoms with van der Waals surface area (Å²) < 4.78 is 58.7. The van der Waals surface area contributed by atoms with Crippen LogP contribution in [0.4, 0.5) is 29.2 Å². The molecule has 166 valence electrons. The number of nitrogens with one attached hydrogen (secondary N) is 1. The SMILES string of the molecule is CCC.Nc1ncc2cc(-c3c(F)ccc(NSc4cc(F)cc(F)c4)c3F)ccc2n1. The van der Waals surface area contributed by atoms with Crippen molar-refractivity contribution in [2.24, 2.45) is 0 Å². The van der Waals surface area contributed by atoms with Gasteiger partial charge in [0.05, 0.1) is 16.8 Å². The molecule has 0 fully saturated rings. The second-order valence-electron chi connectivity index (χ2n) is 6.80. The third-order valence-corrected chi connectivity index (χ3v) is 4.89. The second-order valence-corrected chi connectivity index (χ2v) is 7.68. The molecule has 4 nitrogen and oxygen atoms in total. The van der Waals surface area contributed by atoms with E-state index in [1.54, 1.807) is 12.1 Å². The fraction of sp³-hybridized carbons (Fsp3) is 0.130. The van der Waals surface area contributed by atoms with Crippen LogP contribution in [-0.2, 0) is 0 Å². The van der Waals surface area contributed by atoms with Gasteiger partial charge in [-0.05, 0) is 53.9 Å². The molecule has 0 bridgehead atoms. The molecule has 0 saturated carbocycles. The first-order chi connectivity index (χ1) is 15.3. The lowest BCUT2D eigenvalue weighted by Crippen LogP contribution is -1.98. The predicted octanol–water partition coefficient (Wildman–Crippen LogP) is 6.97. The highest BCUT2D eigenvalue weighted by Crippen LogP contribution is 2.34. The van der Waals surface area contributed by atoms with Crippen molar-refractivity contribution in [2.75, 3.05) is 10.5 Å². The molecule has 0 aliphatic carbocycles. The highest BCUT2D eigenvalue weighted by atomic mass is 32.2. The summed E-state index contributed by atoms with van der Waals surface area (Å²) in [6.45, 7) is 4.25. The largest absolute Gasteiger partial charge is 0.368 e. The van der Waals surface area contributed by atoms with Crippen molar-refractivity contribution in [3.8, 4) is 11.1 Å². The number of nitrogens with two attached hydrogens (primary N) is 1. The van der Waals surface area contributed by atoms with Gasteiger partial charge in [-0.3, -0.25) is 0 Å². The number of aromatic nitrogens is 2. The lowest BCUT2D eigenvalue weighted by Gasteiger charge is -2.12. The molecule has 0 aliphatic heterocycles. The third kappa shape index (κ3) is 5.47. The Balaban J connectivity index is 0.000000913. The van der Waals surface area contributed by atoms with Gasteiger partial charge in [-0.25, -0.2) is 27.5 Å². The van der Waals surface area contributed by atoms with Crippen LogP contribution in [0.1, 0.15) is 20.3 Å². The topological polar surface area (TPSA) is 63.8 Å². The number of nitrogens with zero attached hydrogens (tertiary/aromatic N) is 2. The van der Waals surface area contributed by atoms with Crippen LogP contribution < -0.4 is 10.5 Å². The van der Waals surface area contributed by atoms with Gasteiger partial charge >= 0.3 is 0 Å². The molecule has 0 aliphatic rings. The molecular formula is C23H20F4N4S. The monoisotopic (exact) mass is 460 g/mol. The first-order valence-corrected chi connectivity index (χ1v) is 10.5. The number of hydrogen-bond acceptors (Lipinski definition) is 5. The Kier molecular flexibility index (Phi) is 7.53. The van der Waals surface area contributed by atoms with E-state index < -0.39 is 23.3 Å². The minimum Gasteiger partial charge on any atom is -0.368 e. The summed E-state index contributed by atoms with van der Waals surface area (Å²) in [6.07, 6.45) is 2.72. The molecule has 1 heterocycles. The summed E-state index contributed by atoms with van der Waals surface area (Å²) >= 11 is 0.804. The number of halogens is 4. The van der Waals surface area contributed by atoms with Gasteiger partial charge in [-0.15, -0.1) is 0 Å². The summed E-state index contributed by atoms with van der Waals surface area (Å²) in [5.41, 5.74) is 6.08. The van der Waals surface area contributed by atoms with Crippen molar-refractivity contribution in [3.05, 3.63) is 78.0 Å². The van der Waals surface area contributed by atoms with Crippen LogP contribution in [0, 0.1) is 23.3 Å². The third-order valence-electron chi connectivity index (χ3n) is 4.09. The lowest BCUT2D eigenvalue weighted by molar-refractivity contribution is 0.577. The minimum atomic E-state index is -0.843. The van der Waals surface area contributed by atoms with Gasteiger partial charge < -0.3 is 10.5 Å². The van der Waals surface area contributed by atoms with Gasteiger partial charge in [0.15, 0.2) is 5.82 Å². The standard InChI is InChI=1S/C20H12F4N4S.C3H8/c21-12-6-13(22)8-14(7-12)29-28-17-4-2-15(23)18(19(17)24)10-1-3-16-11(5-10)9-26-20(25)27-16;1-3-2/h1-9,28H,(H2,25,26,27);3H2,1-2H3. The van der Waals surface area contributed by atoms with Gasteiger partial charge in [0.25, 0.3) is 0 Å². The maximum Gasteiger partial charge on any atom is 0.220 e. The molecule has 1 aromatic heterocycles. The minimum absolute atomic E-state index is 0.0373. The molecule has 0 unspecified atom stereocenters. The van der Waals surface area contributed by atoms with Crippen molar-refractivity contribution < 1.29 is 17.6 Å². The van der Waals surface area contributed by atoms with E-state index in [0.717, 1.165) is 36.2 Å². The van der Waals surface area contributed by atoms with Crippen LogP contribution in [0.5, 0.6) is 0 Å². The number of anilines is 2. The second kappa shape index (κ2) is 10.3. The zero-order valence-electron chi connectivity index (χ0n) is 17.3. The normalized spacial score (nSPS) is 10.6. The molecule has 9 heteroatoms. The van der Waals surface area contributed by atoms with E-state index >= 15 is 4.39 Å². The molecule has 0 saturated heterocycles. The van der Waals surface area contributed by atoms with Gasteiger partial charge in [-0.1, -0.05) is 26.3 Å². The van der Waals surface area contributed by atoms with Crippen LogP contribution in [0.3, 0.4) is 0 Å². The molecule has 3 aromatic carbocycles. The maximum absolute atomic E-state index is 15.0. The number of benzene rings is 3. The molecular weight excluding hydrogens is 440 g/mol. The highest BCUT2D eigenvalue weighted by Gasteiger charge is 2.17. The van der Waals surface area contributed by atoms with Gasteiger partial charge in [0.2, 0.25) is 5.95 Å². The Hall–Kier alpha value is -3.33. The molecule has 4 rings (SSSR count). The summed E-state index contributed by atoms with van der Waals surface area (Å²) in [5.74, 6) is -3.02. The zero-order chi connectivity index (χ0) is 23.3. The van der Waals surface area contributed by atoms with E-state index in [1.165, 1.54) is 24.8 Å². The van der Waals surface area contributed by atoms with Crippen molar-refractivity contribution in [3.63, 3.8) is 0 Å². The van der Waals surface area contributed by atoms with Gasteiger partial charge in [0.1, 0.15) is 17.5 Å². The summed E-state index contributed by atoms with van der Waals surface area (Å²) in [6, 6.07) is 9.91. The van der Waals surface area contributed by atoms with Crippen molar-refractivity contribution >= 4 is 34.5 Å². The van der Waals surface area contributed by atoms with Crippen LogP contribution >= 0.6 is 11.9 Å². The Labute approximate surface area is 187 Å². The molecule has 3 N–H and O–H groups in total. The number of nitrogen functional groups attached to an aromatic ring is 1. The van der Waals surface area contributed by atoms with Gasteiger partial charge in [-0.2, -0.15) is 0 Å². The van der Waals surface area contributed by atoms with Crippen LogP contribution in [-0.4, -0.2) is 9.97 Å². The molecule has 0 radical (unpaired) electrons. The Bertz CT molecular complexity index is 1230. The van der Waals surface area contributed by atoms with Crippen molar-refractivity contribution in [1.82, 2.24) is 9.97 Å². The van der Waals surface area contributed by atoms with Crippen molar-refractivity contribution in [2.45, 2.75) is 25.2 Å². The zero-order valence-corrected chi connectivity index (χ0v) is 18.1. The quantitative estimate of drug-likeness (QED) is 0.254. The lowest BCUT2D eigenvalue weighted by atomic mass is 10.0. The van der Waals surface area contributed by atoms with E-state index in [9.17, 15) is 13.2 Å². The molecule has 0 amide bonds. The Morgan fingerprint density at radius 1 is 0.938 bits per heavy atom. The molecule has 0 spiro atoms. The van der Waals surface area contributed by atoms with Gasteiger partial charge in [0, 0.05) is 22.5 Å². The first-order valence-electron chi connectivity index (χ1n) is 9.72. The molecule has 4 aromatic rings. The van der Waals surface area contributed by atoms with E-state index in [2.05, 4.69) is 28.5 Å². The van der Waals surface area contributed by atoms with E-state index in [0.29, 0.717) is 10.9 Å². The average molecular weight is 461 g/mol. The first kappa shape index (κ1) is 23.3. The van der Waals surface area contributed by atoms with E-state index in [1.807, 2.05) is 0 Å². The summed E-state index contributed by atoms with van der Waals surface area (Å²) in [7, 11) is 0. The smallest absolute Gasteiger partial charge is 0.220 e. The summed E-state index contributed by atoms with van der Waals surface area (Å²) in [4.78, 5) is 8.14. The number of hydrogen-bond donors (Lipinski definition) is 2. The van der Waals surface area contributed by atoms with Crippen LogP contribution in [0.25, 0.3) is 22.0 Å². The highest BCUT2D eigenvalue weighted by molar-refractivity contribution is 8.00. The molecule has 32 heavy (non-hydrogen) atoms. The Morgan fingerprint density at radius 2 is 1.62 bits per heavy atom. The van der Waals surface area contributed by atoms with Crippen molar-refractivity contribution in [1.29, 1.82) is 0 Å². The maximum atomic E-state index is 15.0. The fourth-order valence-electron chi connectivity index (χ4n) is 2.80. The van der Waals surface area contributed by atoms with Crippen LogP contribution in [0.15, 0.2) is 59.6 Å². The number of rotatable bonds is 4. The van der Waals surface area contributed by atoms with Crippen LogP contribution in [0.2, 0.25) is 0 Å². The molecule has 0 atom stereocenters. The summed E-state index contributed by atoms with van der Waals surface area (Å²) in [5, 5.41) is 0.568.